The number of nitrogens with one attached hydrogen (secondary N) is 1. The largest absolute Gasteiger partial charge is 0.497 e. The van der Waals surface area contributed by atoms with E-state index in [1.807, 2.05) is 66.7 Å². The van der Waals surface area contributed by atoms with Crippen molar-refractivity contribution in [2.24, 2.45) is 0 Å². The monoisotopic (exact) mass is 518 g/mol. The number of Topliss-reactive ketones (excluding diaryl/α,β-unsaturated/α-hetero) is 1. The van der Waals surface area contributed by atoms with Gasteiger partial charge in [0.05, 0.1) is 24.5 Å². The number of ether oxygens (including phenoxy) is 1. The normalized spacial score (nSPS) is 18.5. The molecular formula is C33H27FN2O3. The Morgan fingerprint density at radius 1 is 0.872 bits per heavy atom. The third kappa shape index (κ3) is 4.59. The van der Waals surface area contributed by atoms with Crippen molar-refractivity contribution in [3.8, 4) is 5.75 Å². The lowest BCUT2D eigenvalue weighted by Crippen LogP contribution is -2.38. The van der Waals surface area contributed by atoms with Gasteiger partial charge in [-0.1, -0.05) is 54.6 Å². The van der Waals surface area contributed by atoms with E-state index in [9.17, 15) is 14.0 Å². The number of carbonyl (C=O) groups is 2. The van der Waals surface area contributed by atoms with Gasteiger partial charge in [-0.05, 0) is 72.0 Å². The molecule has 0 saturated carbocycles. The number of hydrogen-bond donors (Lipinski definition) is 1. The van der Waals surface area contributed by atoms with Gasteiger partial charge < -0.3 is 10.1 Å². The molecule has 4 aromatic rings. The molecule has 0 bridgehead atoms. The maximum Gasteiger partial charge on any atom is 0.259 e. The first-order valence-corrected chi connectivity index (χ1v) is 12.9. The van der Waals surface area contributed by atoms with E-state index in [0.29, 0.717) is 29.0 Å². The first kappa shape index (κ1) is 24.6. The number of allylic oxidation sites excluding steroid dienone is 1. The zero-order valence-corrected chi connectivity index (χ0v) is 21.4. The summed E-state index contributed by atoms with van der Waals surface area (Å²) < 4.78 is 19.2. The molecule has 0 spiro atoms. The highest BCUT2D eigenvalue weighted by molar-refractivity contribution is 6.12. The van der Waals surface area contributed by atoms with Crippen LogP contribution in [0.2, 0.25) is 0 Å². The molecule has 39 heavy (non-hydrogen) atoms. The molecule has 1 amide bonds. The SMILES string of the molecule is COc1cccc([C@H]2C3=C(C[C@@H](c4ccc(F)cc4)CC3=O)Nc3ccccc3N2C(=O)c2ccccc2)c1. The number of para-hydroxylation sites is 2. The second-order valence-corrected chi connectivity index (χ2v) is 9.83. The van der Waals surface area contributed by atoms with E-state index in [2.05, 4.69) is 5.32 Å². The standard InChI is InChI=1S/C33H27FN2O3/c1-39-26-11-7-10-23(18-26)32-31-28(19-24(20-30(31)37)21-14-16-25(34)17-15-21)35-27-12-5-6-13-29(27)36(32)33(38)22-8-3-2-4-9-22/h2-18,24,32,35H,19-20H2,1H3/t24-,32+/m1/s1. The first-order valence-electron chi connectivity index (χ1n) is 12.9. The zero-order valence-electron chi connectivity index (χ0n) is 21.4. The van der Waals surface area contributed by atoms with Gasteiger partial charge in [0, 0.05) is 23.3 Å². The molecule has 2 atom stereocenters. The minimum Gasteiger partial charge on any atom is -0.497 e. The van der Waals surface area contributed by atoms with Crippen LogP contribution in [-0.4, -0.2) is 18.8 Å². The van der Waals surface area contributed by atoms with Crippen LogP contribution >= 0.6 is 0 Å². The highest BCUT2D eigenvalue weighted by Gasteiger charge is 2.42. The molecule has 5 nitrogen and oxygen atoms in total. The van der Waals surface area contributed by atoms with E-state index in [1.54, 1.807) is 36.3 Å². The number of nitrogens with zero attached hydrogens (tertiary/aromatic N) is 1. The van der Waals surface area contributed by atoms with Gasteiger partial charge >= 0.3 is 0 Å². The maximum absolute atomic E-state index is 14.2. The molecule has 4 aromatic carbocycles. The lowest BCUT2D eigenvalue weighted by molar-refractivity contribution is -0.116. The molecule has 1 heterocycles. The van der Waals surface area contributed by atoms with Crippen LogP contribution in [-0.2, 0) is 4.79 Å². The molecule has 1 aliphatic heterocycles. The Hall–Kier alpha value is -4.71. The van der Waals surface area contributed by atoms with Gasteiger partial charge in [0.25, 0.3) is 5.91 Å². The van der Waals surface area contributed by atoms with Crippen LogP contribution in [0.1, 0.15) is 46.3 Å². The van der Waals surface area contributed by atoms with E-state index in [1.165, 1.54) is 12.1 Å². The van der Waals surface area contributed by atoms with Crippen molar-refractivity contribution in [3.05, 3.63) is 137 Å². The number of benzene rings is 4. The van der Waals surface area contributed by atoms with E-state index in [4.69, 9.17) is 4.74 Å². The van der Waals surface area contributed by atoms with Crippen molar-refractivity contribution in [3.63, 3.8) is 0 Å². The Bertz CT molecular complexity index is 1580. The predicted molar refractivity (Wildman–Crippen MR) is 149 cm³/mol. The van der Waals surface area contributed by atoms with Gasteiger partial charge in [-0.25, -0.2) is 4.39 Å². The number of methoxy groups -OCH3 is 1. The van der Waals surface area contributed by atoms with Gasteiger partial charge in [0.2, 0.25) is 0 Å². The predicted octanol–water partition coefficient (Wildman–Crippen LogP) is 7.05. The fourth-order valence-corrected chi connectivity index (χ4v) is 5.63. The second kappa shape index (κ2) is 10.2. The molecule has 194 valence electrons. The van der Waals surface area contributed by atoms with Crippen LogP contribution in [0.4, 0.5) is 15.8 Å². The van der Waals surface area contributed by atoms with Crippen molar-refractivity contribution in [2.75, 3.05) is 17.3 Å². The summed E-state index contributed by atoms with van der Waals surface area (Å²) >= 11 is 0. The van der Waals surface area contributed by atoms with Crippen LogP contribution < -0.4 is 15.0 Å². The smallest absolute Gasteiger partial charge is 0.259 e. The average molecular weight is 519 g/mol. The number of amides is 1. The van der Waals surface area contributed by atoms with Crippen molar-refractivity contribution in [1.82, 2.24) is 0 Å². The van der Waals surface area contributed by atoms with E-state index in [-0.39, 0.29) is 29.8 Å². The summed E-state index contributed by atoms with van der Waals surface area (Å²) in [5.41, 5.74) is 4.96. The van der Waals surface area contributed by atoms with Gasteiger partial charge in [0.15, 0.2) is 5.78 Å². The van der Waals surface area contributed by atoms with Crippen LogP contribution in [0.25, 0.3) is 0 Å². The van der Waals surface area contributed by atoms with Gasteiger partial charge in [-0.2, -0.15) is 0 Å². The number of rotatable bonds is 4. The van der Waals surface area contributed by atoms with Gasteiger partial charge in [-0.15, -0.1) is 0 Å². The van der Waals surface area contributed by atoms with Crippen molar-refractivity contribution in [1.29, 1.82) is 0 Å². The summed E-state index contributed by atoms with van der Waals surface area (Å²) in [5, 5.41) is 3.53. The number of anilines is 2. The van der Waals surface area contributed by atoms with Crippen LogP contribution in [0, 0.1) is 5.82 Å². The molecule has 0 radical (unpaired) electrons. The summed E-state index contributed by atoms with van der Waals surface area (Å²) in [6, 6.07) is 29.9. The molecule has 1 aliphatic carbocycles. The topological polar surface area (TPSA) is 58.6 Å². The van der Waals surface area contributed by atoms with Crippen LogP contribution in [0.3, 0.4) is 0 Å². The van der Waals surface area contributed by atoms with Crippen molar-refractivity contribution in [2.45, 2.75) is 24.8 Å². The van der Waals surface area contributed by atoms with Crippen LogP contribution in [0.15, 0.2) is 114 Å². The Balaban J connectivity index is 1.56. The Morgan fingerprint density at radius 2 is 1.62 bits per heavy atom. The third-order valence-corrected chi connectivity index (χ3v) is 7.48. The summed E-state index contributed by atoms with van der Waals surface area (Å²) in [4.78, 5) is 30.1. The molecule has 6 heteroatoms. The Kier molecular flexibility index (Phi) is 6.45. The molecule has 0 fully saturated rings. The number of hydrogen-bond acceptors (Lipinski definition) is 4. The fourth-order valence-electron chi connectivity index (χ4n) is 5.63. The lowest BCUT2D eigenvalue weighted by Gasteiger charge is -2.35. The van der Waals surface area contributed by atoms with E-state index in [0.717, 1.165) is 22.5 Å². The average Bonchev–Trinajstić information content (AvgIpc) is 3.12. The maximum atomic E-state index is 14.2. The molecule has 6 rings (SSSR count). The molecule has 0 aromatic heterocycles. The second-order valence-electron chi connectivity index (χ2n) is 9.83. The van der Waals surface area contributed by atoms with Gasteiger partial charge in [0.1, 0.15) is 11.6 Å². The molecule has 0 saturated heterocycles. The minimum absolute atomic E-state index is 0.0513. The minimum atomic E-state index is -0.680. The highest BCUT2D eigenvalue weighted by atomic mass is 19.1. The van der Waals surface area contributed by atoms with E-state index < -0.39 is 6.04 Å². The number of ketones is 1. The summed E-state index contributed by atoms with van der Waals surface area (Å²) in [6.45, 7) is 0. The van der Waals surface area contributed by atoms with Crippen LogP contribution in [0.5, 0.6) is 5.75 Å². The fraction of sp³-hybridized carbons (Fsp3) is 0.152. The molecule has 2 aliphatic rings. The molecule has 1 N–H and O–H groups in total. The third-order valence-electron chi connectivity index (χ3n) is 7.48. The number of fused-ring (bicyclic) bond motifs is 1. The van der Waals surface area contributed by atoms with Gasteiger partial charge in [-0.3, -0.25) is 14.5 Å². The summed E-state index contributed by atoms with van der Waals surface area (Å²) in [5.74, 6) is -0.0431. The van der Waals surface area contributed by atoms with Crippen molar-refractivity contribution >= 4 is 23.1 Å². The summed E-state index contributed by atoms with van der Waals surface area (Å²) in [7, 11) is 1.60. The zero-order chi connectivity index (χ0) is 26.9. The van der Waals surface area contributed by atoms with Crippen molar-refractivity contribution < 1.29 is 18.7 Å². The molecule has 0 unspecified atom stereocenters. The first-order chi connectivity index (χ1) is 19.0. The Morgan fingerprint density at radius 3 is 2.38 bits per heavy atom. The van der Waals surface area contributed by atoms with E-state index >= 15 is 0 Å². The highest BCUT2D eigenvalue weighted by Crippen LogP contribution is 2.48. The summed E-state index contributed by atoms with van der Waals surface area (Å²) in [6.07, 6.45) is 0.811. The number of carbonyl (C=O) groups excluding carboxylic acids is 2. The molecular weight excluding hydrogens is 491 g/mol. The Labute approximate surface area is 226 Å². The lowest BCUT2D eigenvalue weighted by atomic mass is 9.78. The quantitative estimate of drug-likeness (QED) is 0.315. The number of halogens is 1.